The van der Waals surface area contributed by atoms with Gasteiger partial charge >= 0.3 is 0 Å². The maximum Gasteiger partial charge on any atom is 0.255 e. The molecule has 2 aliphatic heterocycles. The molecule has 0 unspecified atom stereocenters. The van der Waals surface area contributed by atoms with E-state index in [9.17, 15) is 4.79 Å². The Morgan fingerprint density at radius 3 is 2.44 bits per heavy atom. The van der Waals surface area contributed by atoms with Crippen LogP contribution in [0.15, 0.2) is 60.7 Å². The van der Waals surface area contributed by atoms with Crippen LogP contribution in [0.5, 0.6) is 11.5 Å². The Bertz CT molecular complexity index is 1120. The number of nitrogens with one attached hydrogen (secondary N) is 1. The first-order valence-electron chi connectivity index (χ1n) is 10.7. The molecule has 32 heavy (non-hydrogen) atoms. The first kappa shape index (κ1) is 20.4. The molecule has 7 nitrogen and oxygen atoms in total. The van der Waals surface area contributed by atoms with Crippen molar-refractivity contribution in [3.8, 4) is 22.6 Å². The van der Waals surface area contributed by atoms with Gasteiger partial charge < -0.3 is 25.3 Å². The summed E-state index contributed by atoms with van der Waals surface area (Å²) in [6.07, 6.45) is 0. The fourth-order valence-corrected chi connectivity index (χ4v) is 3.89. The number of hydrogen-bond acceptors (Lipinski definition) is 6. The van der Waals surface area contributed by atoms with Crippen LogP contribution < -0.4 is 20.5 Å². The van der Waals surface area contributed by atoms with Gasteiger partial charge in [-0.05, 0) is 53.1 Å². The first-order valence-corrected chi connectivity index (χ1v) is 10.7. The van der Waals surface area contributed by atoms with Crippen LogP contribution in [0.1, 0.15) is 15.9 Å². The maximum absolute atomic E-state index is 12.8. The summed E-state index contributed by atoms with van der Waals surface area (Å²) >= 11 is 0. The summed E-state index contributed by atoms with van der Waals surface area (Å²) in [5.41, 5.74) is 10.9. The van der Waals surface area contributed by atoms with Crippen molar-refractivity contribution >= 4 is 17.3 Å². The van der Waals surface area contributed by atoms with Crippen LogP contribution in [0.2, 0.25) is 0 Å². The summed E-state index contributed by atoms with van der Waals surface area (Å²) < 4.78 is 16.2. The molecule has 0 radical (unpaired) electrons. The molecule has 0 spiro atoms. The molecular weight excluding hydrogens is 406 g/mol. The van der Waals surface area contributed by atoms with E-state index < -0.39 is 0 Å². The van der Waals surface area contributed by atoms with E-state index in [0.29, 0.717) is 22.7 Å². The van der Waals surface area contributed by atoms with E-state index in [1.807, 2.05) is 54.6 Å². The predicted octanol–water partition coefficient (Wildman–Crippen LogP) is 3.75. The lowest BCUT2D eigenvalue weighted by atomic mass is 10.0. The summed E-state index contributed by atoms with van der Waals surface area (Å²) in [6.45, 7) is 4.49. The summed E-state index contributed by atoms with van der Waals surface area (Å²) in [5, 5.41) is 2.94. The van der Waals surface area contributed by atoms with E-state index in [1.54, 1.807) is 6.07 Å². The normalized spacial score (nSPS) is 15.5. The van der Waals surface area contributed by atoms with Crippen LogP contribution >= 0.6 is 0 Å². The van der Waals surface area contributed by atoms with Gasteiger partial charge in [-0.15, -0.1) is 0 Å². The van der Waals surface area contributed by atoms with Gasteiger partial charge in [0.2, 0.25) is 6.79 Å². The Labute approximate surface area is 186 Å². The molecule has 0 aromatic heterocycles. The van der Waals surface area contributed by atoms with Gasteiger partial charge in [-0.25, -0.2) is 0 Å². The van der Waals surface area contributed by atoms with Crippen molar-refractivity contribution in [3.05, 3.63) is 71.8 Å². The zero-order valence-electron chi connectivity index (χ0n) is 17.7. The van der Waals surface area contributed by atoms with Crippen molar-refractivity contribution in [1.29, 1.82) is 0 Å². The lowest BCUT2D eigenvalue weighted by molar-refractivity contribution is 0.0342. The number of amides is 1. The predicted molar refractivity (Wildman–Crippen MR) is 123 cm³/mol. The minimum atomic E-state index is -0.197. The Morgan fingerprint density at radius 2 is 1.62 bits per heavy atom. The molecular formula is C25H25N3O4. The molecule has 1 saturated heterocycles. The lowest BCUT2D eigenvalue weighted by Crippen LogP contribution is -2.35. The van der Waals surface area contributed by atoms with Gasteiger partial charge in [0.25, 0.3) is 5.91 Å². The third-order valence-electron chi connectivity index (χ3n) is 5.73. The Kier molecular flexibility index (Phi) is 5.66. The van der Waals surface area contributed by atoms with Crippen LogP contribution in [0, 0.1) is 0 Å². The quantitative estimate of drug-likeness (QED) is 0.599. The molecule has 164 valence electrons. The maximum atomic E-state index is 12.8. The van der Waals surface area contributed by atoms with E-state index in [1.165, 1.54) is 5.56 Å². The Balaban J connectivity index is 1.29. The molecule has 2 heterocycles. The van der Waals surface area contributed by atoms with Gasteiger partial charge in [0, 0.05) is 25.2 Å². The molecule has 1 fully saturated rings. The summed E-state index contributed by atoms with van der Waals surface area (Å²) in [6, 6.07) is 19.0. The van der Waals surface area contributed by atoms with E-state index in [4.69, 9.17) is 19.9 Å². The summed E-state index contributed by atoms with van der Waals surface area (Å²) in [7, 11) is 0. The van der Waals surface area contributed by atoms with Crippen molar-refractivity contribution in [1.82, 2.24) is 4.90 Å². The molecule has 3 N–H and O–H groups in total. The first-order chi connectivity index (χ1) is 15.7. The Hall–Kier alpha value is -3.55. The van der Waals surface area contributed by atoms with Crippen LogP contribution in [0.25, 0.3) is 11.1 Å². The molecule has 7 heteroatoms. The fraction of sp³-hybridized carbons (Fsp3) is 0.240. The van der Waals surface area contributed by atoms with Crippen LogP contribution in [-0.2, 0) is 11.3 Å². The molecule has 3 aromatic rings. The molecule has 0 atom stereocenters. The lowest BCUT2D eigenvalue weighted by Gasteiger charge is -2.26. The van der Waals surface area contributed by atoms with Crippen LogP contribution in [0.4, 0.5) is 11.4 Å². The topological polar surface area (TPSA) is 86.1 Å². The highest BCUT2D eigenvalue weighted by atomic mass is 16.7. The highest BCUT2D eigenvalue weighted by Gasteiger charge is 2.16. The number of benzene rings is 3. The number of morpholine rings is 1. The average Bonchev–Trinajstić information content (AvgIpc) is 3.29. The summed E-state index contributed by atoms with van der Waals surface area (Å²) in [5.74, 6) is 1.24. The minimum Gasteiger partial charge on any atom is -0.454 e. The number of hydrogen-bond donors (Lipinski definition) is 2. The largest absolute Gasteiger partial charge is 0.454 e. The standard InChI is InChI=1S/C25H25N3O4/c26-21-7-5-19(20-6-8-23-24(14-20)32-16-31-23)13-22(21)27-25(29)18-3-1-17(2-4-18)15-28-9-11-30-12-10-28/h1-8,13-14H,9-12,15-16,26H2,(H,27,29). The number of fused-ring (bicyclic) bond motifs is 1. The molecule has 5 rings (SSSR count). The monoisotopic (exact) mass is 431 g/mol. The van der Waals surface area contributed by atoms with Gasteiger partial charge in [0.1, 0.15) is 0 Å². The van der Waals surface area contributed by atoms with E-state index in [0.717, 1.165) is 49.7 Å². The number of nitrogens with two attached hydrogens (primary N) is 1. The van der Waals surface area contributed by atoms with Crippen molar-refractivity contribution in [2.24, 2.45) is 0 Å². The van der Waals surface area contributed by atoms with Gasteiger partial charge in [0.05, 0.1) is 24.6 Å². The van der Waals surface area contributed by atoms with Gasteiger partial charge in [-0.2, -0.15) is 0 Å². The van der Waals surface area contributed by atoms with Crippen molar-refractivity contribution in [2.75, 3.05) is 44.1 Å². The number of carbonyl (C=O) groups excluding carboxylic acids is 1. The Morgan fingerprint density at radius 1 is 0.906 bits per heavy atom. The highest BCUT2D eigenvalue weighted by Crippen LogP contribution is 2.37. The van der Waals surface area contributed by atoms with E-state index >= 15 is 0 Å². The molecule has 0 bridgehead atoms. The average molecular weight is 431 g/mol. The van der Waals surface area contributed by atoms with Crippen molar-refractivity contribution < 1.29 is 19.0 Å². The van der Waals surface area contributed by atoms with Crippen LogP contribution in [-0.4, -0.2) is 43.9 Å². The molecule has 0 aliphatic carbocycles. The second-order valence-corrected chi connectivity index (χ2v) is 7.91. The third-order valence-corrected chi connectivity index (χ3v) is 5.73. The van der Waals surface area contributed by atoms with Crippen molar-refractivity contribution in [3.63, 3.8) is 0 Å². The number of ether oxygens (including phenoxy) is 3. The van der Waals surface area contributed by atoms with Crippen molar-refractivity contribution in [2.45, 2.75) is 6.54 Å². The van der Waals surface area contributed by atoms with Gasteiger partial charge in [0.15, 0.2) is 11.5 Å². The number of rotatable bonds is 5. The van der Waals surface area contributed by atoms with Gasteiger partial charge in [-0.1, -0.05) is 24.3 Å². The van der Waals surface area contributed by atoms with E-state index in [2.05, 4.69) is 10.2 Å². The van der Waals surface area contributed by atoms with E-state index in [-0.39, 0.29) is 12.7 Å². The third kappa shape index (κ3) is 4.39. The molecule has 0 saturated carbocycles. The number of nitrogen functional groups attached to an aromatic ring is 1. The number of carbonyl (C=O) groups is 1. The minimum absolute atomic E-state index is 0.197. The second kappa shape index (κ2) is 8.90. The SMILES string of the molecule is Nc1ccc(-c2ccc3c(c2)OCO3)cc1NC(=O)c1ccc(CN2CCOCC2)cc1. The smallest absolute Gasteiger partial charge is 0.255 e. The zero-order chi connectivity index (χ0) is 21.9. The summed E-state index contributed by atoms with van der Waals surface area (Å²) in [4.78, 5) is 15.2. The molecule has 3 aromatic carbocycles. The zero-order valence-corrected chi connectivity index (χ0v) is 17.7. The molecule has 1 amide bonds. The second-order valence-electron chi connectivity index (χ2n) is 7.91. The number of anilines is 2. The fourth-order valence-electron chi connectivity index (χ4n) is 3.89. The van der Waals surface area contributed by atoms with Crippen LogP contribution in [0.3, 0.4) is 0 Å². The number of nitrogens with zero attached hydrogens (tertiary/aromatic N) is 1. The molecule has 2 aliphatic rings. The highest BCUT2D eigenvalue weighted by molar-refractivity contribution is 6.06. The van der Waals surface area contributed by atoms with Gasteiger partial charge in [-0.3, -0.25) is 9.69 Å².